The van der Waals surface area contributed by atoms with Crippen molar-refractivity contribution in [3.8, 4) is 0 Å². The fraction of sp³-hybridized carbons (Fsp3) is 0.562. The molecule has 1 aliphatic heterocycles. The lowest BCUT2D eigenvalue weighted by atomic mass is 9.86. The Labute approximate surface area is 113 Å². The Morgan fingerprint density at radius 2 is 1.67 bits per heavy atom. The van der Waals surface area contributed by atoms with Crippen LogP contribution in [0.15, 0.2) is 24.3 Å². The van der Waals surface area contributed by atoms with Crippen LogP contribution in [0.5, 0.6) is 0 Å². The Morgan fingerprint density at radius 3 is 2.17 bits per heavy atom. The van der Waals surface area contributed by atoms with Gasteiger partial charge < -0.3 is 0 Å². The van der Waals surface area contributed by atoms with Crippen molar-refractivity contribution >= 4 is 16.7 Å². The lowest BCUT2D eigenvalue weighted by Gasteiger charge is -2.18. The van der Waals surface area contributed by atoms with E-state index in [1.807, 2.05) is 12.1 Å². The molecule has 0 atom stereocenters. The van der Waals surface area contributed by atoms with E-state index < -0.39 is 0 Å². The fourth-order valence-corrected chi connectivity index (χ4v) is 4.54. The lowest BCUT2D eigenvalue weighted by molar-refractivity contribution is 0.102. The second-order valence-electron chi connectivity index (χ2n) is 6.12. The van der Waals surface area contributed by atoms with Crippen LogP contribution < -0.4 is 0 Å². The first-order valence-electron chi connectivity index (χ1n) is 6.75. The third-order valence-corrected chi connectivity index (χ3v) is 5.93. The molecule has 0 bridgehead atoms. The molecule has 0 spiro atoms. The molecule has 1 aromatic rings. The summed E-state index contributed by atoms with van der Waals surface area (Å²) in [7, 11) is 0.370. The summed E-state index contributed by atoms with van der Waals surface area (Å²) >= 11 is 0. The molecule has 0 amide bonds. The van der Waals surface area contributed by atoms with Crippen LogP contribution >= 0.6 is 0 Å². The molecular formula is C16H23OS+. The maximum absolute atomic E-state index is 12.2. The second-order valence-corrected chi connectivity index (χ2v) is 8.45. The van der Waals surface area contributed by atoms with Crippen molar-refractivity contribution in [2.75, 3.05) is 17.3 Å². The number of rotatable bonds is 3. The molecular weight excluding hydrogens is 240 g/mol. The molecule has 1 aromatic carbocycles. The number of hydrogen-bond acceptors (Lipinski definition) is 1. The second kappa shape index (κ2) is 5.48. The predicted molar refractivity (Wildman–Crippen MR) is 80.7 cm³/mol. The minimum atomic E-state index is 0.161. The molecule has 0 aliphatic carbocycles. The van der Waals surface area contributed by atoms with Gasteiger partial charge >= 0.3 is 0 Å². The van der Waals surface area contributed by atoms with Crippen molar-refractivity contribution in [1.82, 2.24) is 0 Å². The molecule has 98 valence electrons. The van der Waals surface area contributed by atoms with Crippen LogP contribution in [0.25, 0.3) is 0 Å². The Bertz CT molecular complexity index is 408. The molecule has 1 saturated heterocycles. The van der Waals surface area contributed by atoms with Gasteiger partial charge in [-0.05, 0) is 34.7 Å². The third-order valence-electron chi connectivity index (χ3n) is 3.52. The van der Waals surface area contributed by atoms with Crippen molar-refractivity contribution < 1.29 is 4.79 Å². The Balaban J connectivity index is 2.02. The monoisotopic (exact) mass is 263 g/mol. The van der Waals surface area contributed by atoms with E-state index in [1.165, 1.54) is 29.9 Å². The summed E-state index contributed by atoms with van der Waals surface area (Å²) in [6.07, 6.45) is 2.64. The van der Waals surface area contributed by atoms with Gasteiger partial charge in [0.1, 0.15) is 11.5 Å². The lowest BCUT2D eigenvalue weighted by Crippen LogP contribution is -2.18. The van der Waals surface area contributed by atoms with Gasteiger partial charge in [0.05, 0.1) is 0 Å². The highest BCUT2D eigenvalue weighted by Gasteiger charge is 2.27. The highest BCUT2D eigenvalue weighted by molar-refractivity contribution is 7.97. The average Bonchev–Trinajstić information content (AvgIpc) is 2.81. The van der Waals surface area contributed by atoms with E-state index in [2.05, 4.69) is 32.9 Å². The van der Waals surface area contributed by atoms with Gasteiger partial charge in [-0.15, -0.1) is 0 Å². The van der Waals surface area contributed by atoms with E-state index in [9.17, 15) is 4.79 Å². The fourth-order valence-electron chi connectivity index (χ4n) is 2.28. The van der Waals surface area contributed by atoms with E-state index in [4.69, 9.17) is 0 Å². The molecule has 0 unspecified atom stereocenters. The molecule has 0 saturated carbocycles. The van der Waals surface area contributed by atoms with Crippen LogP contribution in [0.4, 0.5) is 0 Å². The van der Waals surface area contributed by atoms with E-state index in [0.717, 1.165) is 11.3 Å². The van der Waals surface area contributed by atoms with E-state index in [0.29, 0.717) is 16.7 Å². The number of Topliss-reactive ketones (excluding diaryl/α,β-unsaturated/α-hetero) is 1. The summed E-state index contributed by atoms with van der Waals surface area (Å²) in [5, 5.41) is 0. The van der Waals surface area contributed by atoms with Gasteiger partial charge in [0.2, 0.25) is 5.78 Å². The predicted octanol–water partition coefficient (Wildman–Crippen LogP) is 3.58. The number of hydrogen-bond donors (Lipinski definition) is 0. The topological polar surface area (TPSA) is 17.1 Å². The maximum atomic E-state index is 12.2. The minimum absolute atomic E-state index is 0.161. The highest BCUT2D eigenvalue weighted by atomic mass is 32.2. The molecule has 2 rings (SSSR count). The van der Waals surface area contributed by atoms with E-state index in [-0.39, 0.29) is 5.41 Å². The average molecular weight is 263 g/mol. The smallest absolute Gasteiger partial charge is 0.211 e. The normalized spacial score (nSPS) is 17.1. The first kappa shape index (κ1) is 13.7. The van der Waals surface area contributed by atoms with E-state index >= 15 is 0 Å². The van der Waals surface area contributed by atoms with Gasteiger partial charge in [0.15, 0.2) is 5.75 Å². The molecule has 1 heterocycles. The van der Waals surface area contributed by atoms with Crippen LogP contribution in [-0.4, -0.2) is 23.0 Å². The van der Waals surface area contributed by atoms with Crippen molar-refractivity contribution in [2.45, 2.75) is 39.0 Å². The van der Waals surface area contributed by atoms with E-state index in [1.54, 1.807) is 0 Å². The van der Waals surface area contributed by atoms with Gasteiger partial charge in [-0.2, -0.15) is 0 Å². The van der Waals surface area contributed by atoms with Crippen LogP contribution in [0.2, 0.25) is 0 Å². The maximum Gasteiger partial charge on any atom is 0.211 e. The summed E-state index contributed by atoms with van der Waals surface area (Å²) in [6.45, 7) is 6.59. The number of benzene rings is 1. The molecule has 1 aliphatic rings. The summed E-state index contributed by atoms with van der Waals surface area (Å²) in [5.74, 6) is 3.65. The van der Waals surface area contributed by atoms with Crippen LogP contribution in [0.3, 0.4) is 0 Å². The zero-order valence-electron chi connectivity index (χ0n) is 11.7. The standard InChI is InChI=1S/C16H23OS/c1-16(2,3)14-8-6-13(7-9-14)15(17)12-18-10-4-5-11-18/h6-9H,4-5,10-12H2,1-3H3/q+1. The van der Waals surface area contributed by atoms with Crippen molar-refractivity contribution in [1.29, 1.82) is 0 Å². The third kappa shape index (κ3) is 3.38. The molecule has 2 heteroatoms. The summed E-state index contributed by atoms with van der Waals surface area (Å²) < 4.78 is 0. The molecule has 1 nitrogen and oxygen atoms in total. The summed E-state index contributed by atoms with van der Waals surface area (Å²) in [4.78, 5) is 12.2. The molecule has 0 N–H and O–H groups in total. The SMILES string of the molecule is CC(C)(C)c1ccc(C(=O)C[S+]2CCCC2)cc1. The van der Waals surface area contributed by atoms with Crippen molar-refractivity contribution in [3.63, 3.8) is 0 Å². The Kier molecular flexibility index (Phi) is 4.16. The van der Waals surface area contributed by atoms with Crippen LogP contribution in [-0.2, 0) is 16.3 Å². The summed E-state index contributed by atoms with van der Waals surface area (Å²) in [5.41, 5.74) is 2.35. The molecule has 18 heavy (non-hydrogen) atoms. The number of carbonyl (C=O) groups excluding carboxylic acids is 1. The van der Waals surface area contributed by atoms with Crippen LogP contribution in [0, 0.1) is 0 Å². The van der Waals surface area contributed by atoms with Crippen LogP contribution in [0.1, 0.15) is 49.5 Å². The largest absolute Gasteiger partial charge is 0.289 e. The van der Waals surface area contributed by atoms with Gasteiger partial charge in [-0.3, -0.25) is 4.79 Å². The van der Waals surface area contributed by atoms with Gasteiger partial charge in [0, 0.05) is 5.56 Å². The number of ketones is 1. The van der Waals surface area contributed by atoms with Crippen molar-refractivity contribution in [3.05, 3.63) is 35.4 Å². The van der Waals surface area contributed by atoms with Gasteiger partial charge in [-0.1, -0.05) is 45.0 Å². The minimum Gasteiger partial charge on any atom is -0.289 e. The Hall–Kier alpha value is -0.760. The van der Waals surface area contributed by atoms with Crippen molar-refractivity contribution in [2.24, 2.45) is 0 Å². The highest BCUT2D eigenvalue weighted by Crippen LogP contribution is 2.22. The molecule has 1 fully saturated rings. The first-order chi connectivity index (χ1) is 8.47. The quantitative estimate of drug-likeness (QED) is 0.602. The van der Waals surface area contributed by atoms with Gasteiger partial charge in [0.25, 0.3) is 0 Å². The zero-order chi connectivity index (χ0) is 13.2. The van der Waals surface area contributed by atoms with Gasteiger partial charge in [-0.25, -0.2) is 0 Å². The zero-order valence-corrected chi connectivity index (χ0v) is 12.5. The Morgan fingerprint density at radius 1 is 1.11 bits per heavy atom. The molecule has 0 aromatic heterocycles. The molecule has 0 radical (unpaired) electrons. The summed E-state index contributed by atoms with van der Waals surface area (Å²) in [6, 6.07) is 8.21. The first-order valence-corrected chi connectivity index (χ1v) is 8.48. The number of carbonyl (C=O) groups is 1.